The first kappa shape index (κ1) is 41.1. The van der Waals surface area contributed by atoms with Crippen molar-refractivity contribution in [3.8, 4) is 22.4 Å². The van der Waals surface area contributed by atoms with E-state index in [4.69, 9.17) is 14.5 Å². The molecule has 2 fully saturated rings. The molecule has 0 saturated carbocycles. The molecule has 0 aliphatic carbocycles. The molecule has 61 heavy (non-hydrogen) atoms. The quantitative estimate of drug-likeness (QED) is 0.0974. The van der Waals surface area contributed by atoms with Crippen molar-refractivity contribution in [3.05, 3.63) is 102 Å². The molecular formula is C46H53N9O6. The van der Waals surface area contributed by atoms with Crippen molar-refractivity contribution in [3.63, 3.8) is 0 Å². The first-order valence-electron chi connectivity index (χ1n) is 21.0. The van der Waals surface area contributed by atoms with Gasteiger partial charge in [-0.15, -0.1) is 0 Å². The van der Waals surface area contributed by atoms with E-state index in [2.05, 4.69) is 79.4 Å². The van der Waals surface area contributed by atoms with E-state index in [0.717, 1.165) is 81.8 Å². The molecule has 2 aromatic heterocycles. The minimum Gasteiger partial charge on any atom is -0.453 e. The molecule has 3 aromatic carbocycles. The van der Waals surface area contributed by atoms with Crippen molar-refractivity contribution in [2.45, 2.75) is 76.2 Å². The van der Waals surface area contributed by atoms with E-state index < -0.39 is 24.3 Å². The van der Waals surface area contributed by atoms with E-state index in [1.807, 2.05) is 54.1 Å². The summed E-state index contributed by atoms with van der Waals surface area (Å²) in [6.45, 7) is 5.53. The lowest BCUT2D eigenvalue weighted by Crippen LogP contribution is -2.53. The summed E-state index contributed by atoms with van der Waals surface area (Å²) in [5.41, 5.74) is 7.00. The highest BCUT2D eigenvalue weighted by Crippen LogP contribution is 2.34. The average molecular weight is 828 g/mol. The number of hydrogen-bond donors (Lipinski definition) is 5. The smallest absolute Gasteiger partial charge is 0.407 e. The van der Waals surface area contributed by atoms with Crippen LogP contribution >= 0.6 is 0 Å². The SMILES string of the molecule is COC(=O)N[C@@H](Cc1c[nH]c2ccccc12)C(=O)N1CCC[C@H]1C1=NCC(c2ccc(-c3ccc(-c4cnc([C@@H]5CCCN5C(=O)[C@@H](NC(=O)OC)C(C)C)[nH]4)cc3)cc2)N1. The highest BCUT2D eigenvalue weighted by Gasteiger charge is 2.40. The van der Waals surface area contributed by atoms with Gasteiger partial charge in [0.15, 0.2) is 0 Å². The number of benzene rings is 3. The molecule has 2 saturated heterocycles. The molecule has 15 nitrogen and oxygen atoms in total. The van der Waals surface area contributed by atoms with Crippen LogP contribution in [0.25, 0.3) is 33.3 Å². The minimum atomic E-state index is -0.800. The third kappa shape index (κ3) is 8.68. The fraction of sp³-hybridized carbons (Fsp3) is 0.391. The Balaban J connectivity index is 0.890. The summed E-state index contributed by atoms with van der Waals surface area (Å²) < 4.78 is 9.67. The zero-order valence-corrected chi connectivity index (χ0v) is 34.9. The standard InChI is InChI=1S/C46H53N9O6/c1-27(2)40(53-46(59)61-4)44(57)55-22-8-12-39(55)42-49-26-37(51-42)31-19-15-29(16-20-31)28-13-17-30(18-14-28)36-25-48-41(50-36)38-11-7-21-54(38)43(56)35(52-45(58)60-3)23-32-24-47-34-10-6-5-9-33(32)34/h5-6,9-10,13-20,24,26-27,35-36,38-40,47H,7-8,11-12,21-23,25H2,1-4H3,(H,48,50)(H,49,51)(H,52,58)(H,53,59)/t35-,36?,38-,39-,40-/m0/s1. The molecule has 1 unspecified atom stereocenters. The van der Waals surface area contributed by atoms with Gasteiger partial charge in [0.25, 0.3) is 0 Å². The van der Waals surface area contributed by atoms with Gasteiger partial charge in [-0.2, -0.15) is 0 Å². The number of nitrogens with zero attached hydrogens (tertiary/aromatic N) is 4. The second-order valence-corrected chi connectivity index (χ2v) is 16.3. The summed E-state index contributed by atoms with van der Waals surface area (Å²) in [7, 11) is 2.59. The van der Waals surface area contributed by atoms with E-state index in [0.29, 0.717) is 26.1 Å². The highest BCUT2D eigenvalue weighted by molar-refractivity contribution is 5.96. The predicted molar refractivity (Wildman–Crippen MR) is 232 cm³/mol. The molecule has 4 amide bonds. The molecule has 0 bridgehead atoms. The number of aromatic amines is 2. The Hall–Kier alpha value is -6.64. The van der Waals surface area contributed by atoms with Crippen molar-refractivity contribution in [1.82, 2.24) is 40.7 Å². The number of rotatable bonds is 12. The van der Waals surface area contributed by atoms with Crippen molar-refractivity contribution < 1.29 is 28.7 Å². The highest BCUT2D eigenvalue weighted by atomic mass is 16.5. The van der Waals surface area contributed by atoms with Gasteiger partial charge in [-0.3, -0.25) is 14.6 Å². The Labute approximate surface area is 354 Å². The number of carbonyl (C=O) groups excluding carboxylic acids is 4. The minimum absolute atomic E-state index is 0.0276. The van der Waals surface area contributed by atoms with Gasteiger partial charge in [0.2, 0.25) is 11.8 Å². The Kier molecular flexibility index (Phi) is 12.1. The molecule has 0 radical (unpaired) electrons. The molecule has 8 rings (SSSR count). The number of hydrogen-bond acceptors (Lipinski definition) is 9. The molecule has 5 heterocycles. The Bertz CT molecular complexity index is 2410. The van der Waals surface area contributed by atoms with Gasteiger partial charge in [-0.05, 0) is 65.5 Å². The second kappa shape index (κ2) is 17.9. The number of aromatic nitrogens is 3. The number of amides is 4. The molecule has 0 spiro atoms. The number of imidazole rings is 1. The maximum Gasteiger partial charge on any atom is 0.407 e. The number of amidine groups is 1. The van der Waals surface area contributed by atoms with Crippen LogP contribution in [-0.2, 0) is 25.5 Å². The topological polar surface area (TPSA) is 186 Å². The van der Waals surface area contributed by atoms with Crippen molar-refractivity contribution in [2.24, 2.45) is 10.9 Å². The molecule has 5 N–H and O–H groups in total. The predicted octanol–water partition coefficient (Wildman–Crippen LogP) is 6.27. The molecule has 15 heteroatoms. The van der Waals surface area contributed by atoms with Crippen LogP contribution in [-0.4, -0.2) is 107 Å². The Morgan fingerprint density at radius 3 is 2.15 bits per heavy atom. The van der Waals surface area contributed by atoms with Crippen LogP contribution in [0.5, 0.6) is 0 Å². The number of para-hydroxylation sites is 1. The number of carbonyl (C=O) groups is 4. The normalized spacial score (nSPS) is 19.7. The van der Waals surface area contributed by atoms with Crippen LogP contribution in [0.1, 0.15) is 68.6 Å². The molecule has 5 aromatic rings. The number of aliphatic imine (C=N–C) groups is 1. The zero-order valence-electron chi connectivity index (χ0n) is 34.9. The molecule has 5 atom stereocenters. The van der Waals surface area contributed by atoms with Crippen LogP contribution in [0.3, 0.4) is 0 Å². The van der Waals surface area contributed by atoms with Crippen molar-refractivity contribution in [1.29, 1.82) is 0 Å². The van der Waals surface area contributed by atoms with E-state index in [1.165, 1.54) is 14.2 Å². The third-order valence-electron chi connectivity index (χ3n) is 12.2. The first-order valence-corrected chi connectivity index (χ1v) is 21.0. The number of H-pyrrole nitrogens is 2. The van der Waals surface area contributed by atoms with Gasteiger partial charge in [0.1, 0.15) is 23.7 Å². The van der Waals surface area contributed by atoms with E-state index in [9.17, 15) is 19.2 Å². The fourth-order valence-electron chi connectivity index (χ4n) is 8.88. The first-order chi connectivity index (χ1) is 29.6. The summed E-state index contributed by atoms with van der Waals surface area (Å²) in [5, 5.41) is 10.1. The molecule has 3 aliphatic heterocycles. The van der Waals surface area contributed by atoms with Gasteiger partial charge < -0.3 is 45.2 Å². The lowest BCUT2D eigenvalue weighted by Gasteiger charge is -2.30. The van der Waals surface area contributed by atoms with Crippen LogP contribution < -0.4 is 16.0 Å². The van der Waals surface area contributed by atoms with Crippen molar-refractivity contribution >= 4 is 40.7 Å². The summed E-state index contributed by atoms with van der Waals surface area (Å²) >= 11 is 0. The summed E-state index contributed by atoms with van der Waals surface area (Å²) in [6, 6.07) is 22.7. The monoisotopic (exact) mass is 827 g/mol. The number of likely N-dealkylation sites (tertiary alicyclic amines) is 2. The molecular weight excluding hydrogens is 775 g/mol. The number of alkyl carbamates (subject to hydrolysis) is 2. The number of fused-ring (bicyclic) bond motifs is 1. The van der Waals surface area contributed by atoms with E-state index in [1.54, 1.807) is 6.20 Å². The van der Waals surface area contributed by atoms with Gasteiger partial charge >= 0.3 is 12.2 Å². The average Bonchev–Trinajstić information content (AvgIpc) is 4.15. The van der Waals surface area contributed by atoms with Gasteiger partial charge in [-0.1, -0.05) is 80.6 Å². The number of nitrogens with one attached hydrogen (secondary N) is 5. The van der Waals surface area contributed by atoms with Gasteiger partial charge in [0.05, 0.1) is 50.8 Å². The molecule has 3 aliphatic rings. The van der Waals surface area contributed by atoms with Gasteiger partial charge in [0, 0.05) is 36.6 Å². The summed E-state index contributed by atoms with van der Waals surface area (Å²) in [4.78, 5) is 72.1. The van der Waals surface area contributed by atoms with Crippen LogP contribution in [0.4, 0.5) is 9.59 Å². The summed E-state index contributed by atoms with van der Waals surface area (Å²) in [6.07, 6.45) is 6.00. The largest absolute Gasteiger partial charge is 0.453 e. The summed E-state index contributed by atoms with van der Waals surface area (Å²) in [5.74, 6) is 1.11. The lowest BCUT2D eigenvalue weighted by atomic mass is 9.99. The van der Waals surface area contributed by atoms with E-state index in [-0.39, 0.29) is 35.9 Å². The van der Waals surface area contributed by atoms with Crippen LogP contribution in [0, 0.1) is 5.92 Å². The maximum atomic E-state index is 14.1. The van der Waals surface area contributed by atoms with Crippen LogP contribution in [0.2, 0.25) is 0 Å². The maximum absolute atomic E-state index is 14.1. The van der Waals surface area contributed by atoms with Crippen LogP contribution in [0.15, 0.2) is 90.2 Å². The lowest BCUT2D eigenvalue weighted by molar-refractivity contribution is -0.135. The van der Waals surface area contributed by atoms with Gasteiger partial charge in [-0.25, -0.2) is 14.6 Å². The fourth-order valence-corrected chi connectivity index (χ4v) is 8.88. The third-order valence-corrected chi connectivity index (χ3v) is 12.2. The Morgan fingerprint density at radius 2 is 1.44 bits per heavy atom. The zero-order chi connectivity index (χ0) is 42.6. The molecule has 318 valence electrons. The van der Waals surface area contributed by atoms with E-state index >= 15 is 0 Å². The van der Waals surface area contributed by atoms with Crippen molar-refractivity contribution in [2.75, 3.05) is 33.9 Å². The number of ether oxygens (including phenoxy) is 2. The Morgan fingerprint density at radius 1 is 0.803 bits per heavy atom. The number of methoxy groups -OCH3 is 2. The second-order valence-electron chi connectivity index (χ2n) is 16.3.